The maximum atomic E-state index is 11.9. The van der Waals surface area contributed by atoms with Crippen LogP contribution in [0.4, 0.5) is 16.4 Å². The summed E-state index contributed by atoms with van der Waals surface area (Å²) in [5.74, 6) is 1.42. The minimum Gasteiger partial charge on any atom is -0.490 e. The Morgan fingerprint density at radius 2 is 2.22 bits per heavy atom. The van der Waals surface area contributed by atoms with E-state index < -0.39 is 0 Å². The molecule has 2 amide bonds. The number of ether oxygens (including phenoxy) is 1. The topological polar surface area (TPSA) is 118 Å². The molecule has 1 aliphatic carbocycles. The SMILES string of the molecule is Nc1n[nH]c(CNC(=O)Nc2cccc(OC3CCCC3)c2)n1. The molecule has 0 saturated heterocycles. The number of H-pyrrole nitrogens is 1. The number of nitrogens with two attached hydrogens (primary N) is 1. The van der Waals surface area contributed by atoms with E-state index in [9.17, 15) is 4.79 Å². The van der Waals surface area contributed by atoms with Crippen molar-refractivity contribution in [3.8, 4) is 5.75 Å². The van der Waals surface area contributed by atoms with Gasteiger partial charge < -0.3 is 21.1 Å². The van der Waals surface area contributed by atoms with Crippen LogP contribution in [-0.2, 0) is 6.54 Å². The minimum absolute atomic E-state index is 0.152. The molecule has 1 aromatic carbocycles. The Bertz CT molecular complexity index is 665. The number of nitrogen functional groups attached to an aromatic ring is 1. The number of aromatic amines is 1. The summed E-state index contributed by atoms with van der Waals surface area (Å²) in [5, 5.41) is 11.8. The number of hydrogen-bond acceptors (Lipinski definition) is 5. The van der Waals surface area contributed by atoms with Crippen LogP contribution < -0.4 is 21.1 Å². The second-order valence-corrected chi connectivity index (χ2v) is 5.50. The number of nitrogens with one attached hydrogen (secondary N) is 3. The second kappa shape index (κ2) is 6.99. The Morgan fingerprint density at radius 1 is 1.39 bits per heavy atom. The Kier molecular flexibility index (Phi) is 4.60. The first-order chi connectivity index (χ1) is 11.2. The normalized spacial score (nSPS) is 14.6. The lowest BCUT2D eigenvalue weighted by Crippen LogP contribution is -2.28. The van der Waals surface area contributed by atoms with Gasteiger partial charge in [-0.25, -0.2) is 4.79 Å². The molecule has 0 bridgehead atoms. The average molecular weight is 316 g/mol. The quantitative estimate of drug-likeness (QED) is 0.673. The molecule has 5 N–H and O–H groups in total. The van der Waals surface area contributed by atoms with E-state index in [4.69, 9.17) is 10.5 Å². The molecule has 23 heavy (non-hydrogen) atoms. The standard InChI is InChI=1S/C15H20N6O2/c16-14-19-13(20-21-14)9-17-15(22)18-10-4-3-7-12(8-10)23-11-5-1-2-6-11/h3-4,7-8,11H,1-2,5-6,9H2,(H2,17,18,22)(H3,16,19,20,21). The van der Waals surface area contributed by atoms with Crippen molar-refractivity contribution in [1.29, 1.82) is 0 Å². The zero-order chi connectivity index (χ0) is 16.1. The first-order valence-electron chi connectivity index (χ1n) is 7.67. The second-order valence-electron chi connectivity index (χ2n) is 5.50. The number of aromatic nitrogens is 3. The molecule has 0 atom stereocenters. The van der Waals surface area contributed by atoms with Crippen molar-refractivity contribution in [3.63, 3.8) is 0 Å². The zero-order valence-corrected chi connectivity index (χ0v) is 12.7. The fourth-order valence-corrected chi connectivity index (χ4v) is 2.57. The molecular formula is C15H20N6O2. The third-order valence-corrected chi connectivity index (χ3v) is 3.66. The molecule has 8 nitrogen and oxygen atoms in total. The van der Waals surface area contributed by atoms with Gasteiger partial charge in [-0.1, -0.05) is 6.07 Å². The maximum absolute atomic E-state index is 11.9. The predicted octanol–water partition coefficient (Wildman–Crippen LogP) is 2.03. The Labute approximate surface area is 133 Å². The third-order valence-electron chi connectivity index (χ3n) is 3.66. The maximum Gasteiger partial charge on any atom is 0.319 e. The Morgan fingerprint density at radius 3 is 2.96 bits per heavy atom. The van der Waals surface area contributed by atoms with Crippen molar-refractivity contribution >= 4 is 17.7 Å². The summed E-state index contributed by atoms with van der Waals surface area (Å²) in [6, 6.07) is 7.06. The van der Waals surface area contributed by atoms with Gasteiger partial charge in [-0.05, 0) is 37.8 Å². The van der Waals surface area contributed by atoms with Gasteiger partial charge in [0, 0.05) is 11.8 Å². The molecule has 122 valence electrons. The van der Waals surface area contributed by atoms with Crippen molar-refractivity contribution in [3.05, 3.63) is 30.1 Å². The van der Waals surface area contributed by atoms with Crippen LogP contribution in [0.15, 0.2) is 24.3 Å². The number of carbonyl (C=O) groups excluding carboxylic acids is 1. The molecule has 0 aliphatic heterocycles. The number of nitrogens with zero attached hydrogens (tertiary/aromatic N) is 2. The highest BCUT2D eigenvalue weighted by Gasteiger charge is 2.16. The molecule has 0 radical (unpaired) electrons. The van der Waals surface area contributed by atoms with Crippen LogP contribution in [0.5, 0.6) is 5.75 Å². The number of anilines is 2. The fraction of sp³-hybridized carbons (Fsp3) is 0.400. The highest BCUT2D eigenvalue weighted by Crippen LogP contribution is 2.25. The molecule has 1 aliphatic rings. The largest absolute Gasteiger partial charge is 0.490 e. The van der Waals surface area contributed by atoms with E-state index in [1.54, 1.807) is 0 Å². The molecule has 0 spiro atoms. The smallest absolute Gasteiger partial charge is 0.319 e. The highest BCUT2D eigenvalue weighted by atomic mass is 16.5. The van der Waals surface area contributed by atoms with Gasteiger partial charge in [0.15, 0.2) is 0 Å². The first kappa shape index (κ1) is 15.1. The van der Waals surface area contributed by atoms with Crippen LogP contribution in [0.3, 0.4) is 0 Å². The number of benzene rings is 1. The minimum atomic E-state index is -0.335. The van der Waals surface area contributed by atoms with Crippen molar-refractivity contribution in [2.45, 2.75) is 38.3 Å². The molecule has 1 aromatic heterocycles. The molecule has 8 heteroatoms. The van der Waals surface area contributed by atoms with Crippen LogP contribution >= 0.6 is 0 Å². The molecule has 1 saturated carbocycles. The Hall–Kier alpha value is -2.77. The molecule has 1 fully saturated rings. The number of carbonyl (C=O) groups is 1. The van der Waals surface area contributed by atoms with Crippen LogP contribution in [-0.4, -0.2) is 27.3 Å². The van der Waals surface area contributed by atoms with Gasteiger partial charge in [0.05, 0.1) is 12.6 Å². The first-order valence-corrected chi connectivity index (χ1v) is 7.67. The molecular weight excluding hydrogens is 296 g/mol. The van der Waals surface area contributed by atoms with E-state index in [0.29, 0.717) is 11.5 Å². The number of amides is 2. The van der Waals surface area contributed by atoms with Gasteiger partial charge in [0.25, 0.3) is 0 Å². The van der Waals surface area contributed by atoms with Gasteiger partial charge in [-0.3, -0.25) is 5.10 Å². The lowest BCUT2D eigenvalue weighted by molar-refractivity contribution is 0.210. The average Bonchev–Trinajstić information content (AvgIpc) is 3.17. The molecule has 0 unspecified atom stereocenters. The highest BCUT2D eigenvalue weighted by molar-refractivity contribution is 5.89. The van der Waals surface area contributed by atoms with E-state index in [1.807, 2.05) is 24.3 Å². The van der Waals surface area contributed by atoms with Gasteiger partial charge in [0.1, 0.15) is 11.6 Å². The predicted molar refractivity (Wildman–Crippen MR) is 86.0 cm³/mol. The van der Waals surface area contributed by atoms with Gasteiger partial charge in [0.2, 0.25) is 5.95 Å². The summed E-state index contributed by atoms with van der Waals surface area (Å²) in [4.78, 5) is 15.8. The van der Waals surface area contributed by atoms with Crippen molar-refractivity contribution < 1.29 is 9.53 Å². The summed E-state index contributed by atoms with van der Waals surface area (Å²) in [6.07, 6.45) is 4.92. The summed E-state index contributed by atoms with van der Waals surface area (Å²) in [5.41, 5.74) is 6.07. The third kappa shape index (κ3) is 4.35. The number of urea groups is 1. The summed E-state index contributed by atoms with van der Waals surface area (Å²) < 4.78 is 5.92. The monoisotopic (exact) mass is 316 g/mol. The van der Waals surface area contributed by atoms with Gasteiger partial charge in [-0.15, -0.1) is 5.10 Å². The lowest BCUT2D eigenvalue weighted by atomic mass is 10.2. The van der Waals surface area contributed by atoms with Crippen LogP contribution in [0, 0.1) is 0 Å². The van der Waals surface area contributed by atoms with E-state index in [0.717, 1.165) is 18.6 Å². The fourth-order valence-electron chi connectivity index (χ4n) is 2.57. The summed E-state index contributed by atoms with van der Waals surface area (Å²) in [6.45, 7) is 0.217. The Balaban J connectivity index is 1.51. The van der Waals surface area contributed by atoms with Crippen molar-refractivity contribution in [1.82, 2.24) is 20.5 Å². The van der Waals surface area contributed by atoms with Crippen molar-refractivity contribution in [2.75, 3.05) is 11.1 Å². The van der Waals surface area contributed by atoms with Gasteiger partial charge in [-0.2, -0.15) is 4.98 Å². The molecule has 1 heterocycles. The van der Waals surface area contributed by atoms with E-state index >= 15 is 0 Å². The number of rotatable bonds is 5. The number of hydrogen-bond donors (Lipinski definition) is 4. The van der Waals surface area contributed by atoms with Gasteiger partial charge >= 0.3 is 6.03 Å². The zero-order valence-electron chi connectivity index (χ0n) is 12.7. The molecule has 3 rings (SSSR count). The summed E-state index contributed by atoms with van der Waals surface area (Å²) >= 11 is 0. The van der Waals surface area contributed by atoms with E-state index in [1.165, 1.54) is 12.8 Å². The lowest BCUT2D eigenvalue weighted by Gasteiger charge is -2.14. The van der Waals surface area contributed by atoms with Crippen LogP contribution in [0.25, 0.3) is 0 Å². The van der Waals surface area contributed by atoms with Crippen molar-refractivity contribution in [2.24, 2.45) is 0 Å². The van der Waals surface area contributed by atoms with Crippen LogP contribution in [0.2, 0.25) is 0 Å². The van der Waals surface area contributed by atoms with Crippen LogP contribution in [0.1, 0.15) is 31.5 Å². The van der Waals surface area contributed by atoms with E-state index in [2.05, 4.69) is 25.8 Å². The molecule has 2 aromatic rings. The van der Waals surface area contributed by atoms with E-state index in [-0.39, 0.29) is 24.6 Å². The summed E-state index contributed by atoms with van der Waals surface area (Å²) in [7, 11) is 0.